The van der Waals surface area contributed by atoms with Crippen LogP contribution in [0.2, 0.25) is 0 Å². The van der Waals surface area contributed by atoms with Crippen molar-refractivity contribution in [2.75, 3.05) is 32.1 Å². The molecule has 2 N–H and O–H groups in total. The van der Waals surface area contributed by atoms with Gasteiger partial charge in [-0.3, -0.25) is 15.0 Å². The number of likely N-dealkylation sites (tertiary alicyclic amines) is 1. The molecule has 154 valence electrons. The van der Waals surface area contributed by atoms with Crippen LogP contribution in [0.5, 0.6) is 5.75 Å². The highest BCUT2D eigenvalue weighted by Crippen LogP contribution is 2.16. The zero-order valence-electron chi connectivity index (χ0n) is 16.6. The first-order chi connectivity index (χ1) is 14.1. The van der Waals surface area contributed by atoms with Gasteiger partial charge >= 0.3 is 6.03 Å². The number of urea groups is 1. The molecule has 0 unspecified atom stereocenters. The number of benzene rings is 2. The molecular formula is C22H27N3O4. The zero-order chi connectivity index (χ0) is 20.5. The van der Waals surface area contributed by atoms with Crippen molar-refractivity contribution in [3.05, 3.63) is 60.2 Å². The molecule has 1 fully saturated rings. The summed E-state index contributed by atoms with van der Waals surface area (Å²) in [5.74, 6) is 0.378. The number of nitrogens with one attached hydrogen (secondary N) is 2. The van der Waals surface area contributed by atoms with E-state index < -0.39 is 6.03 Å². The Morgan fingerprint density at radius 1 is 1.03 bits per heavy atom. The first-order valence-electron chi connectivity index (χ1n) is 9.75. The van der Waals surface area contributed by atoms with Crippen molar-refractivity contribution in [2.24, 2.45) is 0 Å². The Kier molecular flexibility index (Phi) is 7.61. The highest BCUT2D eigenvalue weighted by molar-refractivity contribution is 6.01. The van der Waals surface area contributed by atoms with Crippen LogP contribution in [-0.2, 0) is 16.1 Å². The Labute approximate surface area is 171 Å². The molecule has 7 heteroatoms. The van der Waals surface area contributed by atoms with Gasteiger partial charge < -0.3 is 14.8 Å². The topological polar surface area (TPSA) is 79.9 Å². The molecule has 0 aliphatic carbocycles. The lowest BCUT2D eigenvalue weighted by molar-refractivity contribution is -0.121. The number of rotatable bonds is 7. The SMILES string of the molecule is COc1ccc(NC(=O)NC(=O)CN2CCC(OCc3ccccc3)CC2)cc1. The summed E-state index contributed by atoms with van der Waals surface area (Å²) < 4.78 is 11.0. The molecule has 2 aromatic rings. The largest absolute Gasteiger partial charge is 0.497 e. The fourth-order valence-electron chi connectivity index (χ4n) is 3.23. The van der Waals surface area contributed by atoms with E-state index in [4.69, 9.17) is 9.47 Å². The number of anilines is 1. The molecule has 29 heavy (non-hydrogen) atoms. The smallest absolute Gasteiger partial charge is 0.325 e. The van der Waals surface area contributed by atoms with Crippen molar-refractivity contribution in [2.45, 2.75) is 25.6 Å². The minimum absolute atomic E-state index is 0.196. The number of imide groups is 1. The molecule has 2 aromatic carbocycles. The van der Waals surface area contributed by atoms with Crippen molar-refractivity contribution in [1.29, 1.82) is 0 Å². The van der Waals surface area contributed by atoms with E-state index in [2.05, 4.69) is 22.8 Å². The Morgan fingerprint density at radius 2 is 1.72 bits per heavy atom. The molecule has 7 nitrogen and oxygen atoms in total. The molecule has 1 heterocycles. The molecule has 1 aliphatic rings. The van der Waals surface area contributed by atoms with E-state index in [-0.39, 0.29) is 18.6 Å². The maximum Gasteiger partial charge on any atom is 0.325 e. The third-order valence-corrected chi connectivity index (χ3v) is 4.83. The van der Waals surface area contributed by atoms with Crippen LogP contribution in [0.15, 0.2) is 54.6 Å². The predicted molar refractivity (Wildman–Crippen MR) is 111 cm³/mol. The summed E-state index contributed by atoms with van der Waals surface area (Å²) in [6.07, 6.45) is 1.95. The van der Waals surface area contributed by atoms with Gasteiger partial charge in [0.25, 0.3) is 0 Å². The van der Waals surface area contributed by atoms with Crippen LogP contribution in [0.1, 0.15) is 18.4 Å². The average Bonchev–Trinajstić information content (AvgIpc) is 2.74. The number of amides is 3. The van der Waals surface area contributed by atoms with Gasteiger partial charge in [0.05, 0.1) is 26.4 Å². The number of nitrogens with zero attached hydrogens (tertiary/aromatic N) is 1. The Hall–Kier alpha value is -2.90. The van der Waals surface area contributed by atoms with E-state index in [1.54, 1.807) is 31.4 Å². The van der Waals surface area contributed by atoms with Crippen LogP contribution in [0, 0.1) is 0 Å². The average molecular weight is 397 g/mol. The number of carbonyl (C=O) groups is 2. The van der Waals surface area contributed by atoms with E-state index in [1.165, 1.54) is 0 Å². The van der Waals surface area contributed by atoms with Gasteiger partial charge in [-0.15, -0.1) is 0 Å². The van der Waals surface area contributed by atoms with Crippen LogP contribution in [0.25, 0.3) is 0 Å². The highest BCUT2D eigenvalue weighted by atomic mass is 16.5. The van der Waals surface area contributed by atoms with Crippen molar-refractivity contribution in [1.82, 2.24) is 10.2 Å². The van der Waals surface area contributed by atoms with Crippen molar-refractivity contribution in [3.8, 4) is 5.75 Å². The van der Waals surface area contributed by atoms with Gasteiger partial charge in [-0.25, -0.2) is 4.79 Å². The number of hydrogen-bond donors (Lipinski definition) is 2. The van der Waals surface area contributed by atoms with E-state index in [0.717, 1.165) is 31.5 Å². The molecule has 1 saturated heterocycles. The maximum atomic E-state index is 12.1. The molecule has 1 aliphatic heterocycles. The minimum Gasteiger partial charge on any atom is -0.497 e. The van der Waals surface area contributed by atoms with Gasteiger partial charge in [-0.2, -0.15) is 0 Å². The van der Waals surface area contributed by atoms with Gasteiger partial charge in [0.2, 0.25) is 5.91 Å². The van der Waals surface area contributed by atoms with E-state index in [1.807, 2.05) is 23.1 Å². The second-order valence-electron chi connectivity index (χ2n) is 7.00. The van der Waals surface area contributed by atoms with Crippen LogP contribution in [0.4, 0.5) is 10.5 Å². The number of ether oxygens (including phenoxy) is 2. The quantitative estimate of drug-likeness (QED) is 0.751. The molecule has 0 radical (unpaired) electrons. The Balaban J connectivity index is 1.34. The van der Waals surface area contributed by atoms with Crippen LogP contribution in [0.3, 0.4) is 0 Å². The first kappa shape index (κ1) is 20.8. The molecule has 0 aromatic heterocycles. The lowest BCUT2D eigenvalue weighted by Gasteiger charge is -2.31. The van der Waals surface area contributed by atoms with Crippen molar-refractivity contribution < 1.29 is 19.1 Å². The lowest BCUT2D eigenvalue weighted by atomic mass is 10.1. The van der Waals surface area contributed by atoms with Gasteiger partial charge in [0.15, 0.2) is 0 Å². The molecule has 0 spiro atoms. The van der Waals surface area contributed by atoms with Gasteiger partial charge in [-0.1, -0.05) is 30.3 Å². The molecule has 3 amide bonds. The van der Waals surface area contributed by atoms with Crippen LogP contribution >= 0.6 is 0 Å². The Bertz CT molecular complexity index is 787. The summed E-state index contributed by atoms with van der Waals surface area (Å²) in [4.78, 5) is 26.2. The minimum atomic E-state index is -0.541. The molecule has 0 bridgehead atoms. The van der Waals surface area contributed by atoms with E-state index in [0.29, 0.717) is 18.0 Å². The van der Waals surface area contributed by atoms with Gasteiger partial charge in [-0.05, 0) is 42.7 Å². The van der Waals surface area contributed by atoms with Crippen molar-refractivity contribution >= 4 is 17.6 Å². The van der Waals surface area contributed by atoms with Crippen LogP contribution in [-0.4, -0.2) is 49.7 Å². The lowest BCUT2D eigenvalue weighted by Crippen LogP contribution is -2.45. The monoisotopic (exact) mass is 397 g/mol. The maximum absolute atomic E-state index is 12.1. The number of methoxy groups -OCH3 is 1. The summed E-state index contributed by atoms with van der Waals surface area (Å²) in [5.41, 5.74) is 1.75. The van der Waals surface area contributed by atoms with Gasteiger partial charge in [0, 0.05) is 18.8 Å². The summed E-state index contributed by atoms with van der Waals surface area (Å²) in [6, 6.07) is 16.5. The van der Waals surface area contributed by atoms with Crippen molar-refractivity contribution in [3.63, 3.8) is 0 Å². The number of piperidine rings is 1. The number of hydrogen-bond acceptors (Lipinski definition) is 5. The molecular weight excluding hydrogens is 370 g/mol. The van der Waals surface area contributed by atoms with E-state index >= 15 is 0 Å². The summed E-state index contributed by atoms with van der Waals surface area (Å²) >= 11 is 0. The second kappa shape index (κ2) is 10.6. The highest BCUT2D eigenvalue weighted by Gasteiger charge is 2.22. The normalized spacial score (nSPS) is 14.9. The number of carbonyl (C=O) groups excluding carboxylic acids is 2. The standard InChI is InChI=1S/C22H27N3O4/c1-28-19-9-7-18(8-10-19)23-22(27)24-21(26)15-25-13-11-20(12-14-25)29-16-17-5-3-2-4-6-17/h2-10,20H,11-16H2,1H3,(H2,23,24,26,27). The third-order valence-electron chi connectivity index (χ3n) is 4.83. The summed E-state index contributed by atoms with van der Waals surface area (Å²) in [7, 11) is 1.58. The molecule has 0 atom stereocenters. The second-order valence-corrected chi connectivity index (χ2v) is 7.00. The molecule has 3 rings (SSSR count). The predicted octanol–water partition coefficient (Wildman–Crippen LogP) is 3.02. The fourth-order valence-corrected chi connectivity index (χ4v) is 3.23. The van der Waals surface area contributed by atoms with E-state index in [9.17, 15) is 9.59 Å². The van der Waals surface area contributed by atoms with Gasteiger partial charge in [0.1, 0.15) is 5.75 Å². The summed E-state index contributed by atoms with van der Waals surface area (Å²) in [6.45, 7) is 2.35. The zero-order valence-corrected chi connectivity index (χ0v) is 16.6. The first-order valence-corrected chi connectivity index (χ1v) is 9.75. The third kappa shape index (κ3) is 6.89. The fraction of sp³-hybridized carbons (Fsp3) is 0.364. The van der Waals surface area contributed by atoms with Crippen LogP contribution < -0.4 is 15.4 Å². The molecule has 0 saturated carbocycles. The summed E-state index contributed by atoms with van der Waals surface area (Å²) in [5, 5.41) is 5.00. The Morgan fingerprint density at radius 3 is 2.38 bits per heavy atom.